The zero-order valence-corrected chi connectivity index (χ0v) is 78.8. The van der Waals surface area contributed by atoms with E-state index in [2.05, 4.69) is 214 Å². The van der Waals surface area contributed by atoms with E-state index >= 15 is 0 Å². The minimum absolute atomic E-state index is 0.0185. The predicted molar refractivity (Wildman–Crippen MR) is 547 cm³/mol. The predicted octanol–water partition coefficient (Wildman–Crippen LogP) is 30.2. The Kier molecular flexibility index (Phi) is 28.6. The molecule has 0 saturated carbocycles. The van der Waals surface area contributed by atoms with Crippen molar-refractivity contribution >= 4 is 147 Å². The van der Waals surface area contributed by atoms with E-state index in [9.17, 15) is 17.6 Å². The second-order valence-corrected chi connectivity index (χ2v) is 35.5. The average molecular weight is 1930 g/mol. The van der Waals surface area contributed by atoms with Gasteiger partial charge in [-0.15, -0.1) is 0 Å². The summed E-state index contributed by atoms with van der Waals surface area (Å²) >= 11 is 25.5. The highest BCUT2D eigenvalue weighted by molar-refractivity contribution is 9.10. The topological polar surface area (TPSA) is 99.5 Å². The lowest BCUT2D eigenvalue weighted by atomic mass is 9.80. The zero-order valence-electron chi connectivity index (χ0n) is 73.3. The van der Waals surface area contributed by atoms with Gasteiger partial charge >= 0.3 is 0 Å². The van der Waals surface area contributed by atoms with Crippen molar-refractivity contribution in [3.63, 3.8) is 0 Å². The number of hydrogen-bond acceptors (Lipinski definition) is 11. The van der Waals surface area contributed by atoms with E-state index in [1.165, 1.54) is 48.5 Å². The Morgan fingerprint density at radius 2 is 0.568 bits per heavy atom. The smallest absolute Gasteiger partial charge is 0.148 e. The molecule has 11 nitrogen and oxygen atoms in total. The molecule has 0 amide bonds. The highest BCUT2D eigenvalue weighted by atomic mass is 79.9. The van der Waals surface area contributed by atoms with Crippen molar-refractivity contribution in [1.82, 2.24) is 0 Å². The maximum atomic E-state index is 14.0. The Balaban J connectivity index is 0.000000129. The fourth-order valence-corrected chi connectivity index (χ4v) is 18.8. The van der Waals surface area contributed by atoms with Gasteiger partial charge < -0.3 is 19.6 Å². The Morgan fingerprint density at radius 1 is 0.295 bits per heavy atom. The lowest BCUT2D eigenvalue weighted by molar-refractivity contribution is 0.526. The molecule has 0 spiro atoms. The summed E-state index contributed by atoms with van der Waals surface area (Å²) in [5.74, 6) is 1.31. The molecular formula is C112H92Br2Cl3F4N11. The van der Waals surface area contributed by atoms with Gasteiger partial charge in [-0.05, 0) is 295 Å². The first-order valence-corrected chi connectivity index (χ1v) is 46.1. The number of anilines is 4. The molecule has 658 valence electrons. The molecule has 0 saturated heterocycles. The molecule has 132 heavy (non-hydrogen) atoms. The summed E-state index contributed by atoms with van der Waals surface area (Å²) in [6.07, 6.45) is -0.304. The molecule has 4 heterocycles. The SMILES string of the molecule is CC(=Nc1ccc(Br)cc1)C1(c2ccc(F)cc2)N=C(c2ccc(F)cc2)N(c2ccc(Br)cc2)C1C.CC(=Nc1ccccc1)C1(c2ccc(Cl)cc2)N=C(c2ccc(Cl)cc2)N(c2ccccc2)C1C.CC(=Nc1ccccc1)C1(c2ccccc2)N=C(c2ccccc2)N(c2ccccc2)C1C.CC1C(c2ccc(F)cc2)=NC(c2ccc(F)cc2)N1c1ccc(Cl)cc1. The Labute approximate surface area is 800 Å². The second-order valence-electron chi connectivity index (χ2n) is 32.4. The molecule has 0 bridgehead atoms. The summed E-state index contributed by atoms with van der Waals surface area (Å²) in [6, 6.07) is 126. The zero-order chi connectivity index (χ0) is 92.2. The lowest BCUT2D eigenvalue weighted by Gasteiger charge is -2.36. The minimum Gasteiger partial charge on any atom is -0.337 e. The quantitative estimate of drug-likeness (QED) is 0.0631. The monoisotopic (exact) mass is 1930 g/mol. The van der Waals surface area contributed by atoms with Crippen LogP contribution in [0.25, 0.3) is 0 Å². The third-order valence-electron chi connectivity index (χ3n) is 24.4. The van der Waals surface area contributed by atoms with Crippen LogP contribution in [0.5, 0.6) is 0 Å². The number of para-hydroxylation sites is 4. The molecule has 15 aromatic rings. The first-order valence-electron chi connectivity index (χ1n) is 43.3. The van der Waals surface area contributed by atoms with Crippen LogP contribution < -0.4 is 19.6 Å². The van der Waals surface area contributed by atoms with Crippen LogP contribution in [0.3, 0.4) is 0 Å². The van der Waals surface area contributed by atoms with Gasteiger partial charge in [0.1, 0.15) is 63.6 Å². The summed E-state index contributed by atoms with van der Waals surface area (Å²) in [4.78, 5) is 45.3. The maximum absolute atomic E-state index is 14.0. The summed E-state index contributed by atoms with van der Waals surface area (Å²) < 4.78 is 56.5. The standard InChI is InChI=1S/C30H23Br2F2N3.C30H25Cl2N3.C30H27N3.C22H17ClF2N2/c1-19(35-27-15-7-23(31)8-16-27)30(22-5-13-26(34)14-6-22)20(2)37(28-17-9-24(32)10-18-28)29(36-30)21-3-11-25(33)12-4-21;1-21(33-27-9-5-3-6-10-27)30(24-15-19-26(32)20-16-24)22(2)35(28-11-7-4-8-12-28)29(34-30)23-13-17-25(31)18-14-23;1-23(31-27-19-11-5-12-20-27)30(26-17-9-4-10-18-26)24(2)33(28-21-13-6-14-22-28)29(32-30)25-15-7-3-8-16-25;1-14-21(15-2-8-18(24)9-3-15)26-22(16-4-10-19(25)11-5-16)27(14)20-12-6-17(23)7-13-20/h3-18,20H,1-2H3;3-20,22H,1-2H3;3-22,24H,1-2H3;2-14,22H,1H3. The number of rotatable bonds is 18. The van der Waals surface area contributed by atoms with Crippen LogP contribution in [-0.4, -0.2) is 64.5 Å². The number of aliphatic imine (C=N–C) groups is 7. The number of hydrogen-bond donors (Lipinski definition) is 0. The number of benzene rings is 15. The third kappa shape index (κ3) is 19.7. The molecule has 8 unspecified atom stereocenters. The Bertz CT molecular complexity index is 6700. The van der Waals surface area contributed by atoms with Crippen molar-refractivity contribution in [3.05, 3.63) is 492 Å². The molecular weight excluding hydrogens is 1840 g/mol. The average Bonchev–Trinajstić information content (AvgIpc) is 1.58. The first-order chi connectivity index (χ1) is 64.0. The molecule has 0 radical (unpaired) electrons. The largest absolute Gasteiger partial charge is 0.337 e. The van der Waals surface area contributed by atoms with Gasteiger partial charge in [-0.1, -0.05) is 249 Å². The van der Waals surface area contributed by atoms with Crippen molar-refractivity contribution in [2.24, 2.45) is 34.9 Å². The van der Waals surface area contributed by atoms with Crippen molar-refractivity contribution in [3.8, 4) is 0 Å². The van der Waals surface area contributed by atoms with E-state index in [1.807, 2.05) is 189 Å². The molecule has 0 N–H and O–H groups in total. The fraction of sp³-hybridized carbons (Fsp3) is 0.134. The van der Waals surface area contributed by atoms with Gasteiger partial charge in [0.15, 0.2) is 0 Å². The van der Waals surface area contributed by atoms with Crippen LogP contribution in [0.2, 0.25) is 15.1 Å². The van der Waals surface area contributed by atoms with Crippen molar-refractivity contribution in [1.29, 1.82) is 0 Å². The van der Waals surface area contributed by atoms with Gasteiger partial charge in [0.25, 0.3) is 0 Å². The van der Waals surface area contributed by atoms with E-state index in [0.717, 1.165) is 128 Å². The molecule has 15 aromatic carbocycles. The van der Waals surface area contributed by atoms with Gasteiger partial charge in [-0.2, -0.15) is 0 Å². The minimum atomic E-state index is -0.933. The van der Waals surface area contributed by atoms with E-state index in [0.29, 0.717) is 20.9 Å². The highest BCUT2D eigenvalue weighted by Gasteiger charge is 2.54. The Hall–Kier alpha value is -13.3. The fourth-order valence-electron chi connectivity index (χ4n) is 17.8. The van der Waals surface area contributed by atoms with Gasteiger partial charge in [-0.3, -0.25) is 20.0 Å². The van der Waals surface area contributed by atoms with Gasteiger partial charge in [-0.25, -0.2) is 32.5 Å². The molecule has 0 aromatic heterocycles. The number of amidine groups is 3. The Morgan fingerprint density at radius 3 is 0.962 bits per heavy atom. The van der Waals surface area contributed by atoms with Crippen LogP contribution in [0, 0.1) is 23.3 Å². The van der Waals surface area contributed by atoms with Crippen LogP contribution in [0.4, 0.5) is 57.4 Å². The molecule has 19 rings (SSSR count). The van der Waals surface area contributed by atoms with E-state index in [1.54, 1.807) is 48.5 Å². The number of halogens is 9. The van der Waals surface area contributed by atoms with Crippen molar-refractivity contribution < 1.29 is 17.6 Å². The van der Waals surface area contributed by atoms with E-state index < -0.39 is 16.6 Å². The van der Waals surface area contributed by atoms with Crippen LogP contribution in [0.15, 0.2) is 444 Å². The van der Waals surface area contributed by atoms with Gasteiger partial charge in [0.05, 0.1) is 46.9 Å². The first kappa shape index (κ1) is 92.0. The van der Waals surface area contributed by atoms with Gasteiger partial charge in [0, 0.05) is 80.6 Å². The summed E-state index contributed by atoms with van der Waals surface area (Å²) in [7, 11) is 0. The van der Waals surface area contributed by atoms with E-state index in [-0.39, 0.29) is 53.6 Å². The van der Waals surface area contributed by atoms with Crippen LogP contribution in [0.1, 0.15) is 99.1 Å². The third-order valence-corrected chi connectivity index (χ3v) is 26.2. The highest BCUT2D eigenvalue weighted by Crippen LogP contribution is 2.49. The van der Waals surface area contributed by atoms with Crippen LogP contribution in [-0.2, 0) is 16.6 Å². The maximum Gasteiger partial charge on any atom is 0.148 e. The van der Waals surface area contributed by atoms with E-state index in [4.69, 9.17) is 69.7 Å². The molecule has 0 fully saturated rings. The second kappa shape index (κ2) is 41.0. The molecule has 4 aliphatic rings. The lowest BCUT2D eigenvalue weighted by Crippen LogP contribution is -2.47. The summed E-state index contributed by atoms with van der Waals surface area (Å²) in [5, 5.41) is 2.04. The molecule has 20 heteroatoms. The summed E-state index contributed by atoms with van der Waals surface area (Å²) in [5.41, 5.74) is 15.5. The molecule has 0 aliphatic carbocycles. The summed E-state index contributed by atoms with van der Waals surface area (Å²) in [6.45, 7) is 14.7. The van der Waals surface area contributed by atoms with Crippen molar-refractivity contribution in [2.75, 3.05) is 19.6 Å². The van der Waals surface area contributed by atoms with Crippen LogP contribution >= 0.6 is 66.7 Å². The van der Waals surface area contributed by atoms with Crippen molar-refractivity contribution in [2.45, 2.75) is 95.4 Å². The van der Waals surface area contributed by atoms with Gasteiger partial charge in [0.2, 0.25) is 0 Å². The normalized spacial score (nSPS) is 19.9. The molecule has 4 aliphatic heterocycles. The number of nitrogens with zero attached hydrogens (tertiary/aromatic N) is 11. The molecule has 8 atom stereocenters.